The average molecular weight is 365 g/mol. The summed E-state index contributed by atoms with van der Waals surface area (Å²) in [7, 11) is -3.23. The predicted molar refractivity (Wildman–Crippen MR) is 98.2 cm³/mol. The molecule has 0 amide bonds. The maximum Gasteiger partial charge on any atom is 0.213 e. The van der Waals surface area contributed by atoms with Gasteiger partial charge in [0.05, 0.1) is 22.5 Å². The van der Waals surface area contributed by atoms with Crippen molar-refractivity contribution >= 4 is 10.0 Å². The van der Waals surface area contributed by atoms with Crippen LogP contribution < -0.4 is 4.72 Å². The molecule has 0 aliphatic heterocycles. The van der Waals surface area contributed by atoms with Crippen LogP contribution in [0.3, 0.4) is 0 Å². The predicted octanol–water partition coefficient (Wildman–Crippen LogP) is 2.90. The lowest BCUT2D eigenvalue weighted by molar-refractivity contribution is -0.0207. The van der Waals surface area contributed by atoms with Crippen LogP contribution in [0, 0.1) is 23.2 Å². The standard InChI is InChI=1S/C19H28N2O3S/c1-14(2)25(23,24)21-13-15(3)17-8-10-19(22,11-9-17)18-6-4-16(12-20)5-7-18/h4-7,14-15,17,21-22H,8-11,13H2,1-3H3. The molecule has 1 aromatic carbocycles. The average Bonchev–Trinajstić information content (AvgIpc) is 2.60. The highest BCUT2D eigenvalue weighted by Crippen LogP contribution is 2.41. The van der Waals surface area contributed by atoms with Gasteiger partial charge in [-0.2, -0.15) is 5.26 Å². The Bertz CT molecular complexity index is 712. The molecule has 0 aromatic heterocycles. The molecular formula is C19H28N2O3S. The zero-order chi connectivity index (χ0) is 18.7. The van der Waals surface area contributed by atoms with Crippen LogP contribution in [0.15, 0.2) is 24.3 Å². The quantitative estimate of drug-likeness (QED) is 0.812. The Balaban J connectivity index is 1.93. The minimum absolute atomic E-state index is 0.235. The molecule has 0 heterocycles. The Hall–Kier alpha value is -1.42. The molecule has 2 rings (SSSR count). The summed E-state index contributed by atoms with van der Waals surface area (Å²) >= 11 is 0. The van der Waals surface area contributed by atoms with Crippen LogP contribution in [0.4, 0.5) is 0 Å². The number of nitrogens with one attached hydrogen (secondary N) is 1. The molecule has 0 bridgehead atoms. The summed E-state index contributed by atoms with van der Waals surface area (Å²) in [5.74, 6) is 0.632. The molecule has 0 saturated heterocycles. The van der Waals surface area contributed by atoms with Gasteiger partial charge >= 0.3 is 0 Å². The van der Waals surface area contributed by atoms with E-state index in [1.54, 1.807) is 26.0 Å². The Morgan fingerprint density at radius 3 is 2.28 bits per heavy atom. The summed E-state index contributed by atoms with van der Waals surface area (Å²) in [6.45, 7) is 5.86. The number of benzene rings is 1. The minimum Gasteiger partial charge on any atom is -0.385 e. The number of nitrogens with zero attached hydrogens (tertiary/aromatic N) is 1. The van der Waals surface area contributed by atoms with Crippen LogP contribution in [-0.4, -0.2) is 25.3 Å². The molecule has 1 atom stereocenters. The maximum atomic E-state index is 11.9. The minimum atomic E-state index is -3.23. The van der Waals surface area contributed by atoms with Gasteiger partial charge in [0.2, 0.25) is 10.0 Å². The topological polar surface area (TPSA) is 90.2 Å². The molecule has 0 spiro atoms. The summed E-state index contributed by atoms with van der Waals surface area (Å²) in [6, 6.07) is 9.23. The first-order chi connectivity index (χ1) is 11.7. The number of hydrogen-bond donors (Lipinski definition) is 2. The van der Waals surface area contributed by atoms with E-state index in [1.807, 2.05) is 12.1 Å². The first-order valence-corrected chi connectivity index (χ1v) is 10.4. The van der Waals surface area contributed by atoms with Crippen LogP contribution >= 0.6 is 0 Å². The van der Waals surface area contributed by atoms with E-state index >= 15 is 0 Å². The summed E-state index contributed by atoms with van der Waals surface area (Å²) in [5.41, 5.74) is 0.604. The van der Waals surface area contributed by atoms with Gasteiger partial charge in [0.15, 0.2) is 0 Å². The highest BCUT2D eigenvalue weighted by molar-refractivity contribution is 7.90. The Kier molecular flexibility index (Phi) is 6.26. The third-order valence-electron chi connectivity index (χ3n) is 5.44. The van der Waals surface area contributed by atoms with E-state index in [-0.39, 0.29) is 5.92 Å². The maximum absolute atomic E-state index is 11.9. The van der Waals surface area contributed by atoms with Crippen molar-refractivity contribution in [3.05, 3.63) is 35.4 Å². The molecule has 2 N–H and O–H groups in total. The second-order valence-electron chi connectivity index (χ2n) is 7.48. The molecule has 1 aliphatic rings. The zero-order valence-electron chi connectivity index (χ0n) is 15.2. The first kappa shape index (κ1) is 19.9. The fraction of sp³-hybridized carbons (Fsp3) is 0.632. The van der Waals surface area contributed by atoms with Crippen molar-refractivity contribution in [2.75, 3.05) is 6.54 Å². The second kappa shape index (κ2) is 7.86. The molecule has 1 unspecified atom stereocenters. The Morgan fingerprint density at radius 2 is 1.80 bits per heavy atom. The van der Waals surface area contributed by atoms with E-state index in [0.29, 0.717) is 30.9 Å². The Labute approximate surface area is 151 Å². The third kappa shape index (κ3) is 4.81. The monoisotopic (exact) mass is 364 g/mol. The van der Waals surface area contributed by atoms with Gasteiger partial charge in [-0.15, -0.1) is 0 Å². The summed E-state index contributed by atoms with van der Waals surface area (Å²) in [4.78, 5) is 0. The third-order valence-corrected chi connectivity index (χ3v) is 7.25. The van der Waals surface area contributed by atoms with Gasteiger partial charge in [0, 0.05) is 6.54 Å². The van der Waals surface area contributed by atoms with Crippen LogP contribution in [-0.2, 0) is 15.6 Å². The molecular weight excluding hydrogens is 336 g/mol. The lowest BCUT2D eigenvalue weighted by Gasteiger charge is -2.38. The largest absolute Gasteiger partial charge is 0.385 e. The van der Waals surface area contributed by atoms with E-state index in [1.165, 1.54) is 0 Å². The second-order valence-corrected chi connectivity index (χ2v) is 9.80. The van der Waals surface area contributed by atoms with Gasteiger partial charge in [-0.3, -0.25) is 0 Å². The number of nitriles is 1. The van der Waals surface area contributed by atoms with Gasteiger partial charge in [0.1, 0.15) is 0 Å². The van der Waals surface area contributed by atoms with Crippen LogP contribution in [0.5, 0.6) is 0 Å². The lowest BCUT2D eigenvalue weighted by atomic mass is 9.71. The van der Waals surface area contributed by atoms with Gasteiger partial charge in [-0.25, -0.2) is 13.1 Å². The van der Waals surface area contributed by atoms with Crippen molar-refractivity contribution in [2.45, 2.75) is 57.3 Å². The van der Waals surface area contributed by atoms with Crippen molar-refractivity contribution in [1.29, 1.82) is 5.26 Å². The van der Waals surface area contributed by atoms with E-state index in [2.05, 4.69) is 17.7 Å². The van der Waals surface area contributed by atoms with Gasteiger partial charge in [-0.05, 0) is 69.1 Å². The van der Waals surface area contributed by atoms with Gasteiger partial charge in [0.25, 0.3) is 0 Å². The number of rotatable bonds is 6. The van der Waals surface area contributed by atoms with Crippen molar-refractivity contribution < 1.29 is 13.5 Å². The van der Waals surface area contributed by atoms with E-state index in [9.17, 15) is 13.5 Å². The van der Waals surface area contributed by atoms with E-state index in [0.717, 1.165) is 18.4 Å². The molecule has 138 valence electrons. The van der Waals surface area contributed by atoms with Gasteiger partial charge in [-0.1, -0.05) is 19.1 Å². The van der Waals surface area contributed by atoms with Crippen molar-refractivity contribution in [2.24, 2.45) is 11.8 Å². The van der Waals surface area contributed by atoms with E-state index < -0.39 is 20.9 Å². The Morgan fingerprint density at radius 1 is 1.24 bits per heavy atom. The molecule has 1 fully saturated rings. The molecule has 0 radical (unpaired) electrons. The van der Waals surface area contributed by atoms with Crippen molar-refractivity contribution in [3.8, 4) is 6.07 Å². The van der Waals surface area contributed by atoms with Crippen molar-refractivity contribution in [3.63, 3.8) is 0 Å². The lowest BCUT2D eigenvalue weighted by Crippen LogP contribution is -2.38. The fourth-order valence-corrected chi connectivity index (χ4v) is 4.24. The fourth-order valence-electron chi connectivity index (χ4n) is 3.41. The number of hydrogen-bond acceptors (Lipinski definition) is 4. The highest BCUT2D eigenvalue weighted by atomic mass is 32.2. The highest BCUT2D eigenvalue weighted by Gasteiger charge is 2.36. The molecule has 6 heteroatoms. The van der Waals surface area contributed by atoms with Gasteiger partial charge < -0.3 is 5.11 Å². The number of aliphatic hydroxyl groups is 1. The van der Waals surface area contributed by atoms with Crippen LogP contribution in [0.25, 0.3) is 0 Å². The number of sulfonamides is 1. The van der Waals surface area contributed by atoms with Crippen LogP contribution in [0.1, 0.15) is 57.6 Å². The SMILES string of the molecule is CC(CNS(=O)(=O)C(C)C)C1CCC(O)(c2ccc(C#N)cc2)CC1. The molecule has 1 aromatic rings. The summed E-state index contributed by atoms with van der Waals surface area (Å²) in [5, 5.41) is 19.4. The molecule has 5 nitrogen and oxygen atoms in total. The molecule has 25 heavy (non-hydrogen) atoms. The van der Waals surface area contributed by atoms with Crippen molar-refractivity contribution in [1.82, 2.24) is 4.72 Å². The molecule has 1 aliphatic carbocycles. The van der Waals surface area contributed by atoms with Crippen LogP contribution in [0.2, 0.25) is 0 Å². The first-order valence-electron chi connectivity index (χ1n) is 8.89. The normalized spacial score (nSPS) is 25.5. The molecule has 1 saturated carbocycles. The smallest absolute Gasteiger partial charge is 0.213 e. The van der Waals surface area contributed by atoms with E-state index in [4.69, 9.17) is 5.26 Å². The zero-order valence-corrected chi connectivity index (χ0v) is 16.0. The summed E-state index contributed by atoms with van der Waals surface area (Å²) in [6.07, 6.45) is 3.04. The summed E-state index contributed by atoms with van der Waals surface area (Å²) < 4.78 is 26.5.